The Morgan fingerprint density at radius 3 is 2.44 bits per heavy atom. The van der Waals surface area contributed by atoms with Gasteiger partial charge in [-0.15, -0.1) is 0 Å². The Morgan fingerprint density at radius 1 is 1.33 bits per heavy atom. The summed E-state index contributed by atoms with van der Waals surface area (Å²) in [4.78, 5) is 14.7. The van der Waals surface area contributed by atoms with E-state index in [1.807, 2.05) is 0 Å². The Balaban J connectivity index is 1.94. The van der Waals surface area contributed by atoms with Gasteiger partial charge in [-0.25, -0.2) is 0 Å². The van der Waals surface area contributed by atoms with Gasteiger partial charge < -0.3 is 15.0 Å². The molecule has 2 unspecified atom stereocenters. The summed E-state index contributed by atoms with van der Waals surface area (Å²) in [5, 5.41) is 3.25. The van der Waals surface area contributed by atoms with Crippen LogP contribution in [0.3, 0.4) is 0 Å². The van der Waals surface area contributed by atoms with E-state index in [4.69, 9.17) is 4.74 Å². The van der Waals surface area contributed by atoms with Gasteiger partial charge in [0.2, 0.25) is 5.91 Å². The van der Waals surface area contributed by atoms with Crippen LogP contribution >= 0.6 is 0 Å². The molecule has 1 heterocycles. The molecule has 1 aliphatic heterocycles. The molecule has 18 heavy (non-hydrogen) atoms. The molecule has 2 atom stereocenters. The van der Waals surface area contributed by atoms with Gasteiger partial charge in [0.05, 0.1) is 6.61 Å². The van der Waals surface area contributed by atoms with Gasteiger partial charge in [0, 0.05) is 25.6 Å². The third-order valence-corrected chi connectivity index (χ3v) is 4.52. The van der Waals surface area contributed by atoms with Crippen LogP contribution < -0.4 is 5.32 Å². The highest BCUT2D eigenvalue weighted by Crippen LogP contribution is 2.36. The Bertz CT molecular complexity index is 288. The highest BCUT2D eigenvalue weighted by Gasteiger charge is 2.38. The van der Waals surface area contributed by atoms with Crippen molar-refractivity contribution in [3.63, 3.8) is 0 Å². The Kier molecular flexibility index (Phi) is 4.62. The molecule has 1 N–H and O–H groups in total. The number of nitrogens with zero attached hydrogens (tertiary/aromatic N) is 1. The van der Waals surface area contributed by atoms with Crippen molar-refractivity contribution in [2.45, 2.75) is 32.7 Å². The van der Waals surface area contributed by atoms with Crippen LogP contribution in [0.25, 0.3) is 0 Å². The van der Waals surface area contributed by atoms with E-state index in [2.05, 4.69) is 24.1 Å². The van der Waals surface area contributed by atoms with Crippen molar-refractivity contribution in [2.24, 2.45) is 17.8 Å². The number of methoxy groups -OCH3 is 1. The van der Waals surface area contributed by atoms with Gasteiger partial charge in [-0.2, -0.15) is 0 Å². The van der Waals surface area contributed by atoms with E-state index >= 15 is 0 Å². The Morgan fingerprint density at radius 2 is 2.00 bits per heavy atom. The molecule has 0 radical (unpaired) electrons. The highest BCUT2D eigenvalue weighted by molar-refractivity contribution is 5.79. The summed E-state index contributed by atoms with van der Waals surface area (Å²) in [7, 11) is 1.70. The maximum Gasteiger partial charge on any atom is 0.226 e. The minimum atomic E-state index is 0.143. The van der Waals surface area contributed by atoms with Gasteiger partial charge >= 0.3 is 0 Å². The fourth-order valence-electron chi connectivity index (χ4n) is 2.67. The first-order valence-electron chi connectivity index (χ1n) is 7.15. The molecule has 1 aliphatic carbocycles. The van der Waals surface area contributed by atoms with Gasteiger partial charge in [-0.3, -0.25) is 4.79 Å². The summed E-state index contributed by atoms with van der Waals surface area (Å²) in [6.07, 6.45) is 2.55. The van der Waals surface area contributed by atoms with Crippen LogP contribution in [0.5, 0.6) is 0 Å². The minimum Gasteiger partial charge on any atom is -0.383 e. The summed E-state index contributed by atoms with van der Waals surface area (Å²) in [5.41, 5.74) is 0. The molecule has 0 spiro atoms. The average molecular weight is 254 g/mol. The smallest absolute Gasteiger partial charge is 0.226 e. The second kappa shape index (κ2) is 6.02. The molecular weight excluding hydrogens is 228 g/mol. The summed E-state index contributed by atoms with van der Waals surface area (Å²) in [6, 6.07) is 0.378. The second-order valence-corrected chi connectivity index (χ2v) is 5.81. The van der Waals surface area contributed by atoms with Crippen LogP contribution in [0.2, 0.25) is 0 Å². The lowest BCUT2D eigenvalue weighted by atomic mass is 9.87. The maximum atomic E-state index is 12.6. The van der Waals surface area contributed by atoms with Crippen molar-refractivity contribution in [3.8, 4) is 0 Å². The molecule has 1 saturated carbocycles. The first-order valence-corrected chi connectivity index (χ1v) is 7.15. The molecule has 4 nitrogen and oxygen atoms in total. The number of hydrogen-bond acceptors (Lipinski definition) is 3. The van der Waals surface area contributed by atoms with E-state index in [0.717, 1.165) is 25.6 Å². The first-order chi connectivity index (χ1) is 8.65. The number of carbonyl (C=O) groups is 1. The molecule has 2 rings (SSSR count). The molecule has 0 aromatic heterocycles. The molecule has 2 aliphatic rings. The third kappa shape index (κ3) is 3.04. The third-order valence-electron chi connectivity index (χ3n) is 4.52. The predicted octanol–water partition coefficient (Wildman–Crippen LogP) is 1.12. The quantitative estimate of drug-likeness (QED) is 0.740. The normalized spacial score (nSPS) is 23.3. The van der Waals surface area contributed by atoms with E-state index in [-0.39, 0.29) is 5.92 Å². The van der Waals surface area contributed by atoms with E-state index in [0.29, 0.717) is 24.5 Å². The molecular formula is C14H26N2O2. The van der Waals surface area contributed by atoms with E-state index in [1.165, 1.54) is 12.8 Å². The van der Waals surface area contributed by atoms with E-state index in [1.54, 1.807) is 7.11 Å². The lowest BCUT2D eigenvalue weighted by Crippen LogP contribution is -2.52. The van der Waals surface area contributed by atoms with Crippen LogP contribution in [0.4, 0.5) is 0 Å². The lowest BCUT2D eigenvalue weighted by molar-refractivity contribution is -0.140. The average Bonchev–Trinajstić information content (AvgIpc) is 3.10. The minimum absolute atomic E-state index is 0.143. The van der Waals surface area contributed by atoms with E-state index < -0.39 is 0 Å². The summed E-state index contributed by atoms with van der Waals surface area (Å²) in [6.45, 7) is 7.62. The van der Waals surface area contributed by atoms with Crippen molar-refractivity contribution in [3.05, 3.63) is 0 Å². The van der Waals surface area contributed by atoms with Crippen molar-refractivity contribution in [1.29, 1.82) is 0 Å². The van der Waals surface area contributed by atoms with Gasteiger partial charge in [0.25, 0.3) is 0 Å². The van der Waals surface area contributed by atoms with Crippen LogP contribution in [0.1, 0.15) is 26.7 Å². The summed E-state index contributed by atoms with van der Waals surface area (Å²) in [5.74, 6) is 1.70. The monoisotopic (exact) mass is 254 g/mol. The van der Waals surface area contributed by atoms with E-state index in [9.17, 15) is 4.79 Å². The SMILES string of the molecule is COCCN(C(=O)C(C)C1CNC1)C(C)C1CC1. The summed E-state index contributed by atoms with van der Waals surface area (Å²) >= 11 is 0. The number of rotatable bonds is 7. The fourth-order valence-corrected chi connectivity index (χ4v) is 2.67. The number of nitrogens with one attached hydrogen (secondary N) is 1. The largest absolute Gasteiger partial charge is 0.383 e. The molecule has 2 fully saturated rings. The molecule has 1 amide bonds. The Labute approximate surface area is 110 Å². The molecule has 0 aromatic rings. The summed E-state index contributed by atoms with van der Waals surface area (Å²) < 4.78 is 5.15. The van der Waals surface area contributed by atoms with Crippen molar-refractivity contribution in [2.75, 3.05) is 33.4 Å². The van der Waals surface area contributed by atoms with Gasteiger partial charge in [0.15, 0.2) is 0 Å². The number of ether oxygens (including phenoxy) is 1. The maximum absolute atomic E-state index is 12.6. The first kappa shape index (κ1) is 13.8. The fraction of sp³-hybridized carbons (Fsp3) is 0.929. The van der Waals surface area contributed by atoms with Gasteiger partial charge in [-0.05, 0) is 44.7 Å². The standard InChI is InChI=1S/C14H26N2O2/c1-10(13-8-15-9-13)14(17)16(6-7-18-3)11(2)12-4-5-12/h10-13,15H,4-9H2,1-3H3. The number of hydrogen-bond donors (Lipinski definition) is 1. The van der Waals surface area contributed by atoms with Gasteiger partial charge in [-0.1, -0.05) is 6.92 Å². The molecule has 1 saturated heterocycles. The van der Waals surface area contributed by atoms with Crippen molar-refractivity contribution in [1.82, 2.24) is 10.2 Å². The van der Waals surface area contributed by atoms with Crippen molar-refractivity contribution >= 4 is 5.91 Å². The zero-order valence-electron chi connectivity index (χ0n) is 11.8. The lowest BCUT2D eigenvalue weighted by Gasteiger charge is -2.37. The second-order valence-electron chi connectivity index (χ2n) is 5.81. The Hall–Kier alpha value is -0.610. The highest BCUT2D eigenvalue weighted by atomic mass is 16.5. The molecule has 104 valence electrons. The van der Waals surface area contributed by atoms with Crippen LogP contribution in [-0.2, 0) is 9.53 Å². The molecule has 4 heteroatoms. The zero-order chi connectivity index (χ0) is 13.1. The molecule has 0 aromatic carbocycles. The number of carbonyl (C=O) groups excluding carboxylic acids is 1. The zero-order valence-corrected chi connectivity index (χ0v) is 11.8. The van der Waals surface area contributed by atoms with Crippen LogP contribution in [0, 0.1) is 17.8 Å². The van der Waals surface area contributed by atoms with Crippen molar-refractivity contribution < 1.29 is 9.53 Å². The van der Waals surface area contributed by atoms with Gasteiger partial charge in [0.1, 0.15) is 0 Å². The number of amides is 1. The predicted molar refractivity (Wildman–Crippen MR) is 71.3 cm³/mol. The van der Waals surface area contributed by atoms with Crippen LogP contribution in [-0.4, -0.2) is 50.2 Å². The van der Waals surface area contributed by atoms with Crippen LogP contribution in [0.15, 0.2) is 0 Å². The topological polar surface area (TPSA) is 41.6 Å². The molecule has 0 bridgehead atoms.